The van der Waals surface area contributed by atoms with Crippen molar-refractivity contribution in [3.63, 3.8) is 0 Å². The fraction of sp³-hybridized carbons (Fsp3) is 0.429. The van der Waals surface area contributed by atoms with E-state index in [0.717, 1.165) is 6.42 Å². The standard InChI is InChI=1S/C14H14BrFN2O2/c15-12-7-9(16)1-3-11(12)14(20)17-5-6-18-10(8-17)2-4-13(18)19/h1,3,7,10H,2,4-6,8H2. The number of hydrogen-bond acceptors (Lipinski definition) is 2. The van der Waals surface area contributed by atoms with Crippen LogP contribution in [0, 0.1) is 5.82 Å². The second-order valence-electron chi connectivity index (χ2n) is 5.15. The highest BCUT2D eigenvalue weighted by Gasteiger charge is 2.37. The maximum absolute atomic E-state index is 13.1. The zero-order chi connectivity index (χ0) is 14.3. The summed E-state index contributed by atoms with van der Waals surface area (Å²) in [5.41, 5.74) is 0.462. The lowest BCUT2D eigenvalue weighted by molar-refractivity contribution is -0.130. The fourth-order valence-electron chi connectivity index (χ4n) is 2.88. The molecule has 0 aromatic heterocycles. The van der Waals surface area contributed by atoms with Gasteiger partial charge in [-0.1, -0.05) is 0 Å². The molecule has 4 nitrogen and oxygen atoms in total. The van der Waals surface area contributed by atoms with Crippen molar-refractivity contribution in [2.45, 2.75) is 18.9 Å². The monoisotopic (exact) mass is 340 g/mol. The summed E-state index contributed by atoms with van der Waals surface area (Å²) < 4.78 is 13.5. The highest BCUT2D eigenvalue weighted by atomic mass is 79.9. The van der Waals surface area contributed by atoms with Crippen molar-refractivity contribution >= 4 is 27.7 Å². The Morgan fingerprint density at radius 3 is 2.90 bits per heavy atom. The SMILES string of the molecule is O=C(c1ccc(F)cc1Br)N1CCN2C(=O)CCC2C1. The van der Waals surface area contributed by atoms with Crippen molar-refractivity contribution in [3.8, 4) is 0 Å². The largest absolute Gasteiger partial charge is 0.336 e. The Kier molecular flexibility index (Phi) is 3.50. The number of benzene rings is 1. The molecule has 20 heavy (non-hydrogen) atoms. The van der Waals surface area contributed by atoms with Gasteiger partial charge in [0.05, 0.1) is 5.56 Å². The molecule has 2 saturated heterocycles. The number of fused-ring (bicyclic) bond motifs is 1. The smallest absolute Gasteiger partial charge is 0.255 e. The van der Waals surface area contributed by atoms with E-state index in [0.29, 0.717) is 36.1 Å². The molecule has 0 radical (unpaired) electrons. The molecule has 0 N–H and O–H groups in total. The number of rotatable bonds is 1. The third kappa shape index (κ3) is 2.32. The number of amides is 2. The predicted octanol–water partition coefficient (Wildman–Crippen LogP) is 2.04. The van der Waals surface area contributed by atoms with E-state index in [9.17, 15) is 14.0 Å². The van der Waals surface area contributed by atoms with Gasteiger partial charge in [-0.05, 0) is 40.5 Å². The number of halogens is 2. The summed E-state index contributed by atoms with van der Waals surface area (Å²) >= 11 is 3.23. The van der Waals surface area contributed by atoms with Crippen LogP contribution in [-0.4, -0.2) is 47.3 Å². The quantitative estimate of drug-likeness (QED) is 0.784. The summed E-state index contributed by atoms with van der Waals surface area (Å²) in [6.45, 7) is 1.69. The first kappa shape index (κ1) is 13.5. The molecule has 0 aliphatic carbocycles. The topological polar surface area (TPSA) is 40.6 Å². The van der Waals surface area contributed by atoms with Gasteiger partial charge < -0.3 is 9.80 Å². The van der Waals surface area contributed by atoms with E-state index in [-0.39, 0.29) is 23.7 Å². The number of carbonyl (C=O) groups excluding carboxylic acids is 2. The molecule has 0 saturated carbocycles. The van der Waals surface area contributed by atoms with E-state index in [1.54, 1.807) is 4.90 Å². The average molecular weight is 341 g/mol. The summed E-state index contributed by atoms with van der Waals surface area (Å²) in [6.07, 6.45) is 1.39. The van der Waals surface area contributed by atoms with E-state index in [1.807, 2.05) is 4.90 Å². The minimum Gasteiger partial charge on any atom is -0.336 e. The molecule has 2 heterocycles. The van der Waals surface area contributed by atoms with Crippen molar-refractivity contribution in [2.75, 3.05) is 19.6 Å². The van der Waals surface area contributed by atoms with Crippen molar-refractivity contribution in [3.05, 3.63) is 34.1 Å². The van der Waals surface area contributed by atoms with Crippen LogP contribution in [0.4, 0.5) is 4.39 Å². The third-order valence-corrected chi connectivity index (χ3v) is 4.60. The van der Waals surface area contributed by atoms with E-state index in [4.69, 9.17) is 0 Å². The van der Waals surface area contributed by atoms with Gasteiger partial charge in [-0.2, -0.15) is 0 Å². The predicted molar refractivity (Wildman–Crippen MR) is 74.7 cm³/mol. The number of piperazine rings is 1. The second kappa shape index (κ2) is 5.16. The molecule has 1 atom stereocenters. The van der Waals surface area contributed by atoms with Crippen LogP contribution in [-0.2, 0) is 4.79 Å². The Morgan fingerprint density at radius 1 is 1.35 bits per heavy atom. The van der Waals surface area contributed by atoms with Crippen molar-refractivity contribution < 1.29 is 14.0 Å². The Hall–Kier alpha value is -1.43. The Labute approximate surface area is 124 Å². The van der Waals surface area contributed by atoms with Gasteiger partial charge in [0.25, 0.3) is 5.91 Å². The van der Waals surface area contributed by atoms with Crippen LogP contribution in [0.1, 0.15) is 23.2 Å². The first-order chi connectivity index (χ1) is 9.56. The number of nitrogens with zero attached hydrogens (tertiary/aromatic N) is 2. The minimum atomic E-state index is -0.375. The summed E-state index contributed by atoms with van der Waals surface area (Å²) in [6, 6.07) is 4.21. The molecule has 1 aromatic carbocycles. The first-order valence-corrected chi connectivity index (χ1v) is 7.39. The fourth-order valence-corrected chi connectivity index (χ4v) is 3.40. The van der Waals surface area contributed by atoms with Gasteiger partial charge in [-0.3, -0.25) is 9.59 Å². The Bertz CT molecular complexity index is 578. The van der Waals surface area contributed by atoms with E-state index >= 15 is 0 Å². The molecule has 6 heteroatoms. The van der Waals surface area contributed by atoms with Crippen molar-refractivity contribution in [1.82, 2.24) is 9.80 Å². The van der Waals surface area contributed by atoms with Gasteiger partial charge in [0, 0.05) is 36.6 Å². The van der Waals surface area contributed by atoms with Crippen LogP contribution >= 0.6 is 15.9 Å². The molecule has 3 rings (SSSR count). The molecule has 106 valence electrons. The van der Waals surface area contributed by atoms with Crippen molar-refractivity contribution in [2.24, 2.45) is 0 Å². The summed E-state index contributed by atoms with van der Waals surface area (Å²) in [5.74, 6) is -0.305. The number of carbonyl (C=O) groups is 2. The maximum atomic E-state index is 13.1. The summed E-state index contributed by atoms with van der Waals surface area (Å²) in [4.78, 5) is 27.7. The average Bonchev–Trinajstić information content (AvgIpc) is 2.79. The van der Waals surface area contributed by atoms with Crippen LogP contribution in [0.5, 0.6) is 0 Å². The van der Waals surface area contributed by atoms with Gasteiger partial charge in [0.15, 0.2) is 0 Å². The molecule has 0 bridgehead atoms. The lowest BCUT2D eigenvalue weighted by Crippen LogP contribution is -2.53. The Morgan fingerprint density at radius 2 is 2.15 bits per heavy atom. The van der Waals surface area contributed by atoms with E-state index in [1.165, 1.54) is 18.2 Å². The first-order valence-electron chi connectivity index (χ1n) is 6.60. The molecule has 0 spiro atoms. The zero-order valence-corrected chi connectivity index (χ0v) is 12.4. The van der Waals surface area contributed by atoms with Gasteiger partial charge >= 0.3 is 0 Å². The van der Waals surface area contributed by atoms with Gasteiger partial charge in [-0.15, -0.1) is 0 Å². The molecular formula is C14H14BrFN2O2. The van der Waals surface area contributed by atoms with Gasteiger partial charge in [-0.25, -0.2) is 4.39 Å². The highest BCUT2D eigenvalue weighted by molar-refractivity contribution is 9.10. The van der Waals surface area contributed by atoms with Crippen LogP contribution in [0.15, 0.2) is 22.7 Å². The number of hydrogen-bond donors (Lipinski definition) is 0. The van der Waals surface area contributed by atoms with Crippen LogP contribution in [0.3, 0.4) is 0 Å². The van der Waals surface area contributed by atoms with E-state index in [2.05, 4.69) is 15.9 Å². The van der Waals surface area contributed by atoms with Crippen LogP contribution < -0.4 is 0 Å². The third-order valence-electron chi connectivity index (χ3n) is 3.94. The summed E-state index contributed by atoms with van der Waals surface area (Å²) in [7, 11) is 0. The molecule has 1 aromatic rings. The summed E-state index contributed by atoms with van der Waals surface area (Å²) in [5, 5.41) is 0. The van der Waals surface area contributed by atoms with E-state index < -0.39 is 0 Å². The lowest BCUT2D eigenvalue weighted by atomic mass is 10.1. The zero-order valence-electron chi connectivity index (χ0n) is 10.8. The maximum Gasteiger partial charge on any atom is 0.255 e. The van der Waals surface area contributed by atoms with Crippen LogP contribution in [0.25, 0.3) is 0 Å². The van der Waals surface area contributed by atoms with Gasteiger partial charge in [0.1, 0.15) is 5.82 Å². The van der Waals surface area contributed by atoms with Gasteiger partial charge in [0.2, 0.25) is 5.91 Å². The molecule has 2 aliphatic rings. The molecule has 1 unspecified atom stereocenters. The second-order valence-corrected chi connectivity index (χ2v) is 6.01. The molecule has 2 fully saturated rings. The normalized spacial score (nSPS) is 22.1. The highest BCUT2D eigenvalue weighted by Crippen LogP contribution is 2.25. The van der Waals surface area contributed by atoms with Crippen LogP contribution in [0.2, 0.25) is 0 Å². The van der Waals surface area contributed by atoms with Crippen molar-refractivity contribution in [1.29, 1.82) is 0 Å². The molecule has 2 amide bonds. The lowest BCUT2D eigenvalue weighted by Gasteiger charge is -2.37. The molecule has 2 aliphatic heterocycles. The Balaban J connectivity index is 1.77. The molecular weight excluding hydrogens is 327 g/mol. The minimum absolute atomic E-state index is 0.115.